The predicted octanol–water partition coefficient (Wildman–Crippen LogP) is 7.65. The molecular formula is C45H50ClIN12O12. The summed E-state index contributed by atoms with van der Waals surface area (Å²) >= 11 is 7.54. The third-order valence-electron chi connectivity index (χ3n) is 11.9. The number of halogens is 2. The smallest absolute Gasteiger partial charge is 0.288 e. The van der Waals surface area contributed by atoms with Crippen molar-refractivity contribution in [3.8, 4) is 0 Å². The predicted molar refractivity (Wildman–Crippen MR) is 270 cm³/mol. The van der Waals surface area contributed by atoms with Gasteiger partial charge in [-0.05, 0) is 115 Å². The lowest BCUT2D eigenvalue weighted by atomic mass is 10.1. The van der Waals surface area contributed by atoms with Crippen LogP contribution in [0, 0.1) is 44.0 Å². The monoisotopic (exact) mass is 1110 g/mol. The van der Waals surface area contributed by atoms with Crippen LogP contribution < -0.4 is 26.7 Å². The van der Waals surface area contributed by atoms with Gasteiger partial charge in [-0.2, -0.15) is 0 Å². The molecule has 4 aliphatic carbocycles. The second kappa shape index (κ2) is 23.9. The molecule has 2 aliphatic heterocycles. The van der Waals surface area contributed by atoms with E-state index in [0.29, 0.717) is 45.3 Å². The third kappa shape index (κ3) is 14.9. The van der Waals surface area contributed by atoms with Gasteiger partial charge >= 0.3 is 0 Å². The van der Waals surface area contributed by atoms with E-state index < -0.39 is 14.8 Å². The number of aromatic nitrogens is 5. The zero-order chi connectivity index (χ0) is 50.8. The molecule has 0 atom stereocenters. The van der Waals surface area contributed by atoms with Gasteiger partial charge in [-0.25, -0.2) is 15.0 Å². The number of nitrogens with two attached hydrogens (primary N) is 1. The normalized spacial score (nSPS) is 17.0. The van der Waals surface area contributed by atoms with Gasteiger partial charge in [-0.15, -0.1) is 0 Å². The molecule has 6 aliphatic rings. The first-order chi connectivity index (χ1) is 34.1. The molecule has 0 amide bonds. The number of nitrogens with zero attached hydrogens (tertiary/aromatic N) is 9. The van der Waals surface area contributed by atoms with Crippen LogP contribution in [-0.2, 0) is 9.47 Å². The lowest BCUT2D eigenvalue weighted by Crippen LogP contribution is -2.37. The molecule has 5 aromatic heterocycles. The number of anilines is 3. The molecule has 0 unspecified atom stereocenters. The number of rotatable bonds is 10. The standard InChI is InChI=1S/C12H15N3O3.C12H17N3O.C8H7ClN2O2.C8H8N2O3.C5H3IN2O3/c16-15(17)10-7-11(9-1-2-9)12(13-8-10)14-3-5-18-6-4-14;13-10-7-11(9-1-2-9)12(14-8-10)15-3-5-16-6-4-15;9-8-7(5-1-2-5)3-6(4-10-8)11(12)13;11-8-7(5-1-2-5)3-6(4-9-8)10(12)13;6-4-1-3(8(10)11)2-7-5(4)9/h7-9H,1-6H2;7-9H,1-6,13H2;3-5H,1-2H2;3-5H,1-2H2,(H,9,11);1-2H,(H,7,9). The van der Waals surface area contributed by atoms with E-state index in [0.717, 1.165) is 119 Å². The van der Waals surface area contributed by atoms with Crippen molar-refractivity contribution in [2.45, 2.75) is 75.0 Å². The number of ether oxygens (including phenoxy) is 2. The van der Waals surface area contributed by atoms with Crippen molar-refractivity contribution < 1.29 is 29.2 Å². The van der Waals surface area contributed by atoms with Gasteiger partial charge in [0.2, 0.25) is 0 Å². The Morgan fingerprint density at radius 1 is 0.549 bits per heavy atom. The summed E-state index contributed by atoms with van der Waals surface area (Å²) in [5, 5.41) is 42.2. The lowest BCUT2D eigenvalue weighted by molar-refractivity contribution is -0.385. The fourth-order valence-electron chi connectivity index (χ4n) is 7.60. The van der Waals surface area contributed by atoms with Gasteiger partial charge in [-0.1, -0.05) is 11.6 Å². The SMILES string of the molecule is Nc1cnc(N2CCOCC2)c(C2CC2)c1.O=[N+]([O-])c1cnc(Cl)c(C2CC2)c1.O=[N+]([O-])c1cnc(N2CCOCC2)c(C2CC2)c1.O=c1[nH]cc([N+](=O)[O-])cc1C1CC1.O=c1[nH]cc([N+](=O)[O-])cc1I. The second-order valence-electron chi connectivity index (χ2n) is 17.4. The van der Waals surface area contributed by atoms with Gasteiger partial charge < -0.3 is 35.0 Å². The number of nitro groups is 4. The summed E-state index contributed by atoms with van der Waals surface area (Å²) in [5.41, 5.74) is 9.79. The molecule has 6 fully saturated rings. The quantitative estimate of drug-likeness (QED) is 0.0523. The fraction of sp³-hybridized carbons (Fsp3) is 0.444. The Kier molecular flexibility index (Phi) is 17.6. The van der Waals surface area contributed by atoms with Crippen LogP contribution in [0.4, 0.5) is 40.1 Å². The number of nitrogen functional groups attached to an aromatic ring is 1. The van der Waals surface area contributed by atoms with Crippen molar-refractivity contribution in [1.82, 2.24) is 24.9 Å². The molecule has 26 heteroatoms. The molecule has 5 aromatic rings. The third-order valence-corrected chi connectivity index (χ3v) is 13.1. The van der Waals surface area contributed by atoms with Crippen LogP contribution in [0.1, 0.15) is 97.3 Å². The van der Waals surface area contributed by atoms with Crippen molar-refractivity contribution in [2.24, 2.45) is 0 Å². The summed E-state index contributed by atoms with van der Waals surface area (Å²) in [7, 11) is 0. The number of H-pyrrole nitrogens is 2. The number of morpholine rings is 2. The highest BCUT2D eigenvalue weighted by atomic mass is 127. The number of nitrogens with one attached hydrogen (secondary N) is 2. The summed E-state index contributed by atoms with van der Waals surface area (Å²) < 4.78 is 11.0. The first-order valence-corrected chi connectivity index (χ1v) is 24.3. The van der Waals surface area contributed by atoms with Crippen LogP contribution in [0.5, 0.6) is 0 Å². The van der Waals surface area contributed by atoms with E-state index in [1.165, 1.54) is 49.0 Å². The van der Waals surface area contributed by atoms with Crippen LogP contribution in [0.2, 0.25) is 5.15 Å². The van der Waals surface area contributed by atoms with Crippen molar-refractivity contribution in [2.75, 3.05) is 68.1 Å². The molecular weight excluding hydrogens is 1060 g/mol. The lowest BCUT2D eigenvalue weighted by Gasteiger charge is -2.29. The molecule has 71 heavy (non-hydrogen) atoms. The van der Waals surface area contributed by atoms with Crippen LogP contribution in [-0.4, -0.2) is 97.2 Å². The van der Waals surface area contributed by atoms with Crippen LogP contribution in [0.3, 0.4) is 0 Å². The zero-order valence-corrected chi connectivity index (χ0v) is 41.1. The van der Waals surface area contributed by atoms with E-state index in [-0.39, 0.29) is 44.7 Å². The second-order valence-corrected chi connectivity index (χ2v) is 18.9. The molecule has 0 radical (unpaired) electrons. The molecule has 4 saturated carbocycles. The Bertz CT molecular complexity index is 2860. The Labute approximate surface area is 423 Å². The Morgan fingerprint density at radius 2 is 0.930 bits per heavy atom. The van der Waals surface area contributed by atoms with Gasteiger partial charge in [0.05, 0.1) is 74.0 Å². The average molecular weight is 1110 g/mol. The highest BCUT2D eigenvalue weighted by molar-refractivity contribution is 14.1. The van der Waals surface area contributed by atoms with Crippen LogP contribution >= 0.6 is 34.2 Å². The maximum Gasteiger partial charge on any atom is 0.288 e. The van der Waals surface area contributed by atoms with E-state index in [9.17, 15) is 50.0 Å². The first-order valence-electron chi connectivity index (χ1n) is 22.8. The van der Waals surface area contributed by atoms with E-state index >= 15 is 0 Å². The zero-order valence-electron chi connectivity index (χ0n) is 38.2. The summed E-state index contributed by atoms with van der Waals surface area (Å²) in [6.07, 6.45) is 15.3. The summed E-state index contributed by atoms with van der Waals surface area (Å²) in [6, 6.07) is 7.90. The Morgan fingerprint density at radius 3 is 1.39 bits per heavy atom. The van der Waals surface area contributed by atoms with Gasteiger partial charge in [-0.3, -0.25) is 50.0 Å². The molecule has 0 aromatic carbocycles. The first kappa shape index (κ1) is 52.1. The maximum absolute atomic E-state index is 11.2. The molecule has 376 valence electrons. The highest BCUT2D eigenvalue weighted by Crippen LogP contribution is 2.46. The Hall–Kier alpha value is -6.71. The summed E-state index contributed by atoms with van der Waals surface area (Å²) in [4.78, 5) is 83.5. The molecule has 11 rings (SSSR count). The summed E-state index contributed by atoms with van der Waals surface area (Å²) in [5.74, 6) is 3.80. The Balaban J connectivity index is 0.000000132. The van der Waals surface area contributed by atoms with Crippen molar-refractivity contribution >= 4 is 74.3 Å². The molecule has 7 heterocycles. The molecule has 4 N–H and O–H groups in total. The minimum absolute atomic E-state index is 0.0197. The summed E-state index contributed by atoms with van der Waals surface area (Å²) in [6.45, 7) is 6.50. The van der Waals surface area contributed by atoms with Gasteiger partial charge in [0.15, 0.2) is 0 Å². The van der Waals surface area contributed by atoms with E-state index in [2.05, 4.69) is 40.8 Å². The maximum atomic E-state index is 11.2. The topological polar surface area (TPSA) is 328 Å². The van der Waals surface area contributed by atoms with Crippen molar-refractivity contribution in [3.63, 3.8) is 0 Å². The highest BCUT2D eigenvalue weighted by Gasteiger charge is 2.32. The van der Waals surface area contributed by atoms with Gasteiger partial charge in [0.1, 0.15) is 29.2 Å². The average Bonchev–Trinajstić information content (AvgIpc) is 4.15. The molecule has 24 nitrogen and oxygen atoms in total. The molecule has 2 saturated heterocycles. The van der Waals surface area contributed by atoms with Gasteiger partial charge in [0.25, 0.3) is 33.9 Å². The molecule has 0 spiro atoms. The number of pyridine rings is 5. The van der Waals surface area contributed by atoms with Crippen molar-refractivity contribution in [1.29, 1.82) is 0 Å². The van der Waals surface area contributed by atoms with Gasteiger partial charge in [0, 0.05) is 61.6 Å². The number of aromatic amines is 2. The van der Waals surface area contributed by atoms with Crippen LogP contribution in [0.15, 0.2) is 70.9 Å². The number of hydrogen-bond donors (Lipinski definition) is 3. The minimum atomic E-state index is -0.557. The number of hydrogen-bond acceptors (Lipinski definition) is 18. The largest absolute Gasteiger partial charge is 0.397 e. The molecule has 0 bridgehead atoms. The van der Waals surface area contributed by atoms with E-state index in [1.807, 2.05) is 0 Å². The van der Waals surface area contributed by atoms with Crippen molar-refractivity contribution in [3.05, 3.63) is 153 Å². The van der Waals surface area contributed by atoms with E-state index in [1.54, 1.807) is 34.9 Å². The fourth-order valence-corrected chi connectivity index (χ4v) is 8.33. The van der Waals surface area contributed by atoms with E-state index in [4.69, 9.17) is 26.8 Å². The van der Waals surface area contributed by atoms with Crippen LogP contribution in [0.25, 0.3) is 0 Å². The minimum Gasteiger partial charge on any atom is -0.397 e.